The average molecular weight is 450 g/mol. The minimum Gasteiger partial charge on any atom is -0.491 e. The molecule has 0 aliphatic carbocycles. The molecule has 2 aromatic carbocycles. The lowest BCUT2D eigenvalue weighted by Gasteiger charge is -2.13. The maximum absolute atomic E-state index is 12.2. The van der Waals surface area contributed by atoms with Crippen molar-refractivity contribution in [3.05, 3.63) is 58.6 Å². The number of hydrogen-bond donors (Lipinski definition) is 3. The second-order valence-corrected chi connectivity index (χ2v) is 7.33. The predicted molar refractivity (Wildman–Crippen MR) is 120 cm³/mol. The summed E-state index contributed by atoms with van der Waals surface area (Å²) in [7, 11) is 0. The first kappa shape index (κ1) is 23.4. The van der Waals surface area contributed by atoms with Gasteiger partial charge in [-0.15, -0.1) is 0 Å². The van der Waals surface area contributed by atoms with E-state index in [1.54, 1.807) is 42.5 Å². The number of benzene rings is 2. The molecule has 9 heteroatoms. The lowest BCUT2D eigenvalue weighted by atomic mass is 10.2. The summed E-state index contributed by atoms with van der Waals surface area (Å²) >= 11 is 11.0. The molecule has 2 amide bonds. The Bertz CT molecular complexity index is 906. The van der Waals surface area contributed by atoms with Crippen LogP contribution in [0.4, 0.5) is 0 Å². The number of thiocarbonyl (C=S) groups is 1. The average Bonchev–Trinajstić information content (AvgIpc) is 2.73. The molecule has 160 valence electrons. The van der Waals surface area contributed by atoms with E-state index < -0.39 is 11.8 Å². The molecule has 0 fully saturated rings. The molecule has 0 aromatic heterocycles. The predicted octanol–water partition coefficient (Wildman–Crippen LogP) is 3.54. The molecule has 0 saturated carbocycles. The van der Waals surface area contributed by atoms with E-state index in [-0.39, 0.29) is 17.8 Å². The number of aryl methyl sites for hydroxylation is 1. The Balaban J connectivity index is 1.74. The van der Waals surface area contributed by atoms with E-state index in [0.717, 1.165) is 12.0 Å². The van der Waals surface area contributed by atoms with Crippen molar-refractivity contribution >= 4 is 40.7 Å². The highest BCUT2D eigenvalue weighted by Gasteiger charge is 2.10. The number of carbonyl (C=O) groups excluding carboxylic acids is 2. The van der Waals surface area contributed by atoms with Crippen molar-refractivity contribution < 1.29 is 19.1 Å². The molecule has 2 aromatic rings. The van der Waals surface area contributed by atoms with Crippen molar-refractivity contribution in [3.63, 3.8) is 0 Å². The van der Waals surface area contributed by atoms with Crippen LogP contribution in [-0.4, -0.2) is 29.6 Å². The molecule has 30 heavy (non-hydrogen) atoms. The van der Waals surface area contributed by atoms with Crippen LogP contribution < -0.4 is 25.6 Å². The fourth-order valence-corrected chi connectivity index (χ4v) is 2.49. The third-order valence-electron chi connectivity index (χ3n) is 4.07. The molecule has 0 radical (unpaired) electrons. The summed E-state index contributed by atoms with van der Waals surface area (Å²) in [6.07, 6.45) is 0.982. The smallest absolute Gasteiger partial charge is 0.276 e. The molecule has 0 aliphatic heterocycles. The Morgan fingerprint density at radius 1 is 1.10 bits per heavy atom. The van der Waals surface area contributed by atoms with Gasteiger partial charge in [-0.25, -0.2) is 0 Å². The molecule has 0 heterocycles. The zero-order valence-electron chi connectivity index (χ0n) is 17.0. The molecule has 7 nitrogen and oxygen atoms in total. The molecule has 3 N–H and O–H groups in total. The second kappa shape index (κ2) is 11.4. The minimum absolute atomic E-state index is 0.0457. The Hall–Kier alpha value is -2.84. The standard InChI is InChI=1S/C21H24ClN3O4S/c1-4-14(3)29-16-7-5-15(6-8-16)20(27)23-21(30)25-24-19(26)12-28-17-9-10-18(22)13(2)11-17/h5-11,14H,4,12H2,1-3H3,(H,24,26)(H2,23,25,27,30). The number of hydrazine groups is 1. The van der Waals surface area contributed by atoms with Gasteiger partial charge in [0.2, 0.25) is 0 Å². The summed E-state index contributed by atoms with van der Waals surface area (Å²) < 4.78 is 11.1. The molecule has 0 saturated heterocycles. The van der Waals surface area contributed by atoms with Crippen molar-refractivity contribution in [2.24, 2.45) is 0 Å². The lowest BCUT2D eigenvalue weighted by molar-refractivity contribution is -0.123. The monoisotopic (exact) mass is 449 g/mol. The van der Waals surface area contributed by atoms with Crippen molar-refractivity contribution in [2.75, 3.05) is 6.61 Å². The van der Waals surface area contributed by atoms with Crippen LogP contribution in [0.3, 0.4) is 0 Å². The highest BCUT2D eigenvalue weighted by atomic mass is 35.5. The van der Waals surface area contributed by atoms with Gasteiger partial charge in [0, 0.05) is 10.6 Å². The number of rotatable bonds is 7. The van der Waals surface area contributed by atoms with E-state index in [9.17, 15) is 9.59 Å². The quantitative estimate of drug-likeness (QED) is 0.442. The molecule has 0 aliphatic rings. The van der Waals surface area contributed by atoms with Gasteiger partial charge in [0.1, 0.15) is 11.5 Å². The Morgan fingerprint density at radius 2 is 1.77 bits per heavy atom. The van der Waals surface area contributed by atoms with Crippen LogP contribution >= 0.6 is 23.8 Å². The van der Waals surface area contributed by atoms with E-state index in [1.807, 2.05) is 20.8 Å². The minimum atomic E-state index is -0.467. The number of halogens is 1. The van der Waals surface area contributed by atoms with Crippen LogP contribution in [0.2, 0.25) is 5.02 Å². The van der Waals surface area contributed by atoms with Crippen LogP contribution in [0.1, 0.15) is 36.2 Å². The Labute approximate surface area is 186 Å². The van der Waals surface area contributed by atoms with Crippen LogP contribution in [0.25, 0.3) is 0 Å². The fourth-order valence-electron chi connectivity index (χ4n) is 2.23. The Morgan fingerprint density at radius 3 is 2.40 bits per heavy atom. The largest absolute Gasteiger partial charge is 0.491 e. The summed E-state index contributed by atoms with van der Waals surface area (Å²) in [5.74, 6) is 0.323. The highest BCUT2D eigenvalue weighted by molar-refractivity contribution is 7.80. The fraction of sp³-hybridized carbons (Fsp3) is 0.286. The van der Waals surface area contributed by atoms with Crippen molar-refractivity contribution in [3.8, 4) is 11.5 Å². The molecule has 2 rings (SSSR count). The number of nitrogens with one attached hydrogen (secondary N) is 3. The van der Waals surface area contributed by atoms with Gasteiger partial charge in [-0.05, 0) is 80.5 Å². The molecule has 0 bridgehead atoms. The van der Waals surface area contributed by atoms with Crippen LogP contribution in [-0.2, 0) is 4.79 Å². The van der Waals surface area contributed by atoms with Gasteiger partial charge in [-0.2, -0.15) is 0 Å². The molecule has 0 spiro atoms. The van der Waals surface area contributed by atoms with E-state index >= 15 is 0 Å². The van der Waals surface area contributed by atoms with E-state index in [2.05, 4.69) is 16.2 Å². The van der Waals surface area contributed by atoms with Crippen LogP contribution in [0.15, 0.2) is 42.5 Å². The van der Waals surface area contributed by atoms with Gasteiger partial charge < -0.3 is 9.47 Å². The summed E-state index contributed by atoms with van der Waals surface area (Å²) in [5, 5.41) is 3.05. The van der Waals surface area contributed by atoms with E-state index in [4.69, 9.17) is 33.3 Å². The van der Waals surface area contributed by atoms with Crippen molar-refractivity contribution in [1.29, 1.82) is 0 Å². The summed E-state index contributed by atoms with van der Waals surface area (Å²) in [5.41, 5.74) is 6.07. The summed E-state index contributed by atoms with van der Waals surface area (Å²) in [4.78, 5) is 24.1. The van der Waals surface area contributed by atoms with Gasteiger partial charge in [0.25, 0.3) is 11.8 Å². The first-order chi connectivity index (χ1) is 14.3. The molecular formula is C21H24ClN3O4S. The number of ether oxygens (including phenoxy) is 2. The first-order valence-corrected chi connectivity index (χ1v) is 10.1. The number of carbonyl (C=O) groups is 2. The van der Waals surface area contributed by atoms with Gasteiger partial charge in [-0.1, -0.05) is 18.5 Å². The SMILES string of the molecule is CCC(C)Oc1ccc(C(=O)NC(=S)NNC(=O)COc2ccc(Cl)c(C)c2)cc1. The normalized spacial score (nSPS) is 11.2. The molecular weight excluding hydrogens is 426 g/mol. The second-order valence-electron chi connectivity index (χ2n) is 6.52. The van der Waals surface area contributed by atoms with Crippen molar-refractivity contribution in [2.45, 2.75) is 33.3 Å². The van der Waals surface area contributed by atoms with E-state index in [1.165, 1.54) is 0 Å². The lowest BCUT2D eigenvalue weighted by Crippen LogP contribution is -2.49. The van der Waals surface area contributed by atoms with Gasteiger partial charge in [0.05, 0.1) is 6.10 Å². The van der Waals surface area contributed by atoms with Gasteiger partial charge >= 0.3 is 0 Å². The zero-order valence-corrected chi connectivity index (χ0v) is 18.5. The number of hydrogen-bond acceptors (Lipinski definition) is 5. The molecule has 1 unspecified atom stereocenters. The van der Waals surface area contributed by atoms with Crippen molar-refractivity contribution in [1.82, 2.24) is 16.2 Å². The zero-order chi connectivity index (χ0) is 22.1. The van der Waals surface area contributed by atoms with Gasteiger partial charge in [0.15, 0.2) is 11.7 Å². The molecule has 1 atom stereocenters. The topological polar surface area (TPSA) is 88.7 Å². The summed E-state index contributed by atoms with van der Waals surface area (Å²) in [6.45, 7) is 5.61. The maximum Gasteiger partial charge on any atom is 0.276 e. The van der Waals surface area contributed by atoms with Crippen LogP contribution in [0, 0.1) is 6.92 Å². The first-order valence-electron chi connectivity index (χ1n) is 9.34. The summed E-state index contributed by atoms with van der Waals surface area (Å²) in [6, 6.07) is 11.8. The van der Waals surface area contributed by atoms with Crippen LogP contribution in [0.5, 0.6) is 11.5 Å². The van der Waals surface area contributed by atoms with Gasteiger partial charge in [-0.3, -0.25) is 25.8 Å². The Kier molecular flexibility index (Phi) is 8.89. The third kappa shape index (κ3) is 7.53. The van der Waals surface area contributed by atoms with E-state index in [0.29, 0.717) is 22.1 Å². The highest BCUT2D eigenvalue weighted by Crippen LogP contribution is 2.20. The third-order valence-corrected chi connectivity index (χ3v) is 4.70. The number of amides is 2. The maximum atomic E-state index is 12.2.